The SMILES string of the molecule is Cc1cc(C)n2nc(C(=O)N3C4CCC3CC(n3nccn3)C4)nc2n1. The van der Waals surface area contributed by atoms with Crippen LogP contribution in [-0.4, -0.2) is 57.5 Å². The molecule has 5 rings (SSSR count). The molecule has 2 unspecified atom stereocenters. The molecule has 2 fully saturated rings. The number of amides is 1. The fourth-order valence-electron chi connectivity index (χ4n) is 4.46. The van der Waals surface area contributed by atoms with E-state index in [1.54, 1.807) is 21.7 Å². The first kappa shape index (κ1) is 15.4. The number of carbonyl (C=O) groups is 1. The van der Waals surface area contributed by atoms with Gasteiger partial charge in [0.1, 0.15) is 0 Å². The van der Waals surface area contributed by atoms with E-state index in [2.05, 4.69) is 25.3 Å². The zero-order valence-corrected chi connectivity index (χ0v) is 14.8. The highest BCUT2D eigenvalue weighted by atomic mass is 16.2. The number of rotatable bonds is 2. The quantitative estimate of drug-likeness (QED) is 0.691. The van der Waals surface area contributed by atoms with Gasteiger partial charge in [0.2, 0.25) is 5.82 Å². The molecule has 2 aliphatic rings. The number of fused-ring (bicyclic) bond motifs is 3. The smallest absolute Gasteiger partial charge is 0.294 e. The van der Waals surface area contributed by atoms with Gasteiger partial charge in [-0.05, 0) is 45.6 Å². The molecule has 0 spiro atoms. The van der Waals surface area contributed by atoms with Gasteiger partial charge in [-0.25, -0.2) is 9.50 Å². The van der Waals surface area contributed by atoms with E-state index >= 15 is 0 Å². The molecular formula is C17H20N8O. The number of carbonyl (C=O) groups excluding carboxylic acids is 1. The molecule has 0 aromatic carbocycles. The summed E-state index contributed by atoms with van der Waals surface area (Å²) < 4.78 is 1.64. The second-order valence-electron chi connectivity index (χ2n) is 7.26. The molecular weight excluding hydrogens is 332 g/mol. The lowest BCUT2D eigenvalue weighted by Gasteiger charge is -2.37. The van der Waals surface area contributed by atoms with E-state index in [9.17, 15) is 4.79 Å². The maximum absolute atomic E-state index is 13.1. The van der Waals surface area contributed by atoms with E-state index in [4.69, 9.17) is 0 Å². The third-order valence-corrected chi connectivity index (χ3v) is 5.52. The predicted octanol–water partition coefficient (Wildman–Crippen LogP) is 1.34. The minimum absolute atomic E-state index is 0.0908. The molecule has 0 N–H and O–H groups in total. The van der Waals surface area contributed by atoms with Gasteiger partial charge in [0.05, 0.1) is 18.4 Å². The van der Waals surface area contributed by atoms with Gasteiger partial charge in [-0.2, -0.15) is 20.0 Å². The minimum atomic E-state index is -0.0908. The number of aromatic nitrogens is 7. The van der Waals surface area contributed by atoms with Crippen molar-refractivity contribution < 1.29 is 4.79 Å². The fraction of sp³-hybridized carbons (Fsp3) is 0.529. The first-order valence-corrected chi connectivity index (χ1v) is 8.99. The zero-order chi connectivity index (χ0) is 17.8. The summed E-state index contributed by atoms with van der Waals surface area (Å²) in [4.78, 5) is 25.7. The molecule has 2 saturated heterocycles. The van der Waals surface area contributed by atoms with Gasteiger partial charge in [-0.15, -0.1) is 5.10 Å². The van der Waals surface area contributed by atoms with Crippen LogP contribution in [0.3, 0.4) is 0 Å². The zero-order valence-electron chi connectivity index (χ0n) is 14.8. The van der Waals surface area contributed by atoms with Crippen LogP contribution < -0.4 is 0 Å². The Kier molecular flexibility index (Phi) is 3.31. The number of nitrogens with zero attached hydrogens (tertiary/aromatic N) is 8. The summed E-state index contributed by atoms with van der Waals surface area (Å²) in [6.45, 7) is 3.86. The Balaban J connectivity index is 1.44. The van der Waals surface area contributed by atoms with Crippen LogP contribution in [0.15, 0.2) is 18.5 Å². The molecule has 5 heterocycles. The Hall–Kier alpha value is -2.84. The van der Waals surface area contributed by atoms with Crippen molar-refractivity contribution in [3.8, 4) is 0 Å². The molecule has 2 bridgehead atoms. The van der Waals surface area contributed by atoms with Crippen molar-refractivity contribution in [2.45, 2.75) is 57.7 Å². The highest BCUT2D eigenvalue weighted by molar-refractivity contribution is 5.91. The van der Waals surface area contributed by atoms with Crippen LogP contribution >= 0.6 is 0 Å². The Morgan fingerprint density at radius 2 is 1.73 bits per heavy atom. The van der Waals surface area contributed by atoms with E-state index in [0.29, 0.717) is 5.78 Å². The maximum Gasteiger partial charge on any atom is 0.294 e. The van der Waals surface area contributed by atoms with Gasteiger partial charge in [0.25, 0.3) is 11.7 Å². The van der Waals surface area contributed by atoms with Crippen LogP contribution in [-0.2, 0) is 0 Å². The van der Waals surface area contributed by atoms with Crippen molar-refractivity contribution >= 4 is 11.7 Å². The average Bonchev–Trinajstić information content (AvgIpc) is 3.32. The van der Waals surface area contributed by atoms with Gasteiger partial charge >= 0.3 is 0 Å². The average molecular weight is 352 g/mol. The number of aryl methyl sites for hydroxylation is 2. The van der Waals surface area contributed by atoms with Crippen LogP contribution in [0.4, 0.5) is 0 Å². The summed E-state index contributed by atoms with van der Waals surface area (Å²) in [5, 5.41) is 13.0. The third-order valence-electron chi connectivity index (χ3n) is 5.52. The highest BCUT2D eigenvalue weighted by Gasteiger charge is 2.45. The van der Waals surface area contributed by atoms with Crippen LogP contribution in [0.2, 0.25) is 0 Å². The van der Waals surface area contributed by atoms with Crippen LogP contribution in [0.25, 0.3) is 5.78 Å². The Bertz CT molecular complexity index is 964. The normalized spacial score (nSPS) is 25.2. The van der Waals surface area contributed by atoms with E-state index in [0.717, 1.165) is 37.1 Å². The third kappa shape index (κ3) is 2.30. The minimum Gasteiger partial charge on any atom is -0.330 e. The van der Waals surface area contributed by atoms with Crippen molar-refractivity contribution in [3.63, 3.8) is 0 Å². The molecule has 1 amide bonds. The topological polar surface area (TPSA) is 94.1 Å². The molecule has 3 aromatic heterocycles. The monoisotopic (exact) mass is 352 g/mol. The Morgan fingerprint density at radius 1 is 1.04 bits per heavy atom. The van der Waals surface area contributed by atoms with Gasteiger partial charge in [0.15, 0.2) is 0 Å². The maximum atomic E-state index is 13.1. The van der Waals surface area contributed by atoms with Crippen molar-refractivity contribution in [1.82, 2.24) is 39.5 Å². The lowest BCUT2D eigenvalue weighted by atomic mass is 9.97. The summed E-state index contributed by atoms with van der Waals surface area (Å²) in [5.74, 6) is 0.625. The standard InChI is InChI=1S/C17H20N8O/c1-10-7-11(2)24-17(20-10)21-15(22-24)16(26)23-12-3-4-13(23)9-14(8-12)25-18-5-6-19-25/h5-7,12-14H,3-4,8-9H2,1-2H3. The summed E-state index contributed by atoms with van der Waals surface area (Å²) in [5.41, 5.74) is 1.79. The van der Waals surface area contributed by atoms with Gasteiger partial charge in [-0.3, -0.25) is 4.79 Å². The van der Waals surface area contributed by atoms with E-state index in [-0.39, 0.29) is 29.9 Å². The molecule has 3 aromatic rings. The fourth-order valence-corrected chi connectivity index (χ4v) is 4.46. The van der Waals surface area contributed by atoms with Crippen LogP contribution in [0.1, 0.15) is 53.7 Å². The first-order chi connectivity index (χ1) is 12.6. The molecule has 0 radical (unpaired) electrons. The van der Waals surface area contributed by atoms with Gasteiger partial charge in [-0.1, -0.05) is 0 Å². The Labute approximate surface area is 150 Å². The lowest BCUT2D eigenvalue weighted by Crippen LogP contribution is -2.47. The largest absolute Gasteiger partial charge is 0.330 e. The Morgan fingerprint density at radius 3 is 2.42 bits per heavy atom. The summed E-state index contributed by atoms with van der Waals surface area (Å²) in [7, 11) is 0. The van der Waals surface area contributed by atoms with Crippen LogP contribution in [0.5, 0.6) is 0 Å². The van der Waals surface area contributed by atoms with Crippen LogP contribution in [0, 0.1) is 13.8 Å². The van der Waals surface area contributed by atoms with Crippen molar-refractivity contribution in [2.75, 3.05) is 0 Å². The predicted molar refractivity (Wildman–Crippen MR) is 91.5 cm³/mol. The number of piperidine rings is 1. The molecule has 9 nitrogen and oxygen atoms in total. The summed E-state index contributed by atoms with van der Waals surface area (Å²) >= 11 is 0. The molecule has 0 aliphatic carbocycles. The van der Waals surface area contributed by atoms with E-state index in [1.165, 1.54) is 0 Å². The molecule has 2 atom stereocenters. The molecule has 2 aliphatic heterocycles. The molecule has 9 heteroatoms. The second-order valence-corrected chi connectivity index (χ2v) is 7.26. The molecule has 0 saturated carbocycles. The van der Waals surface area contributed by atoms with Gasteiger partial charge < -0.3 is 4.90 Å². The lowest BCUT2D eigenvalue weighted by molar-refractivity contribution is 0.0500. The first-order valence-electron chi connectivity index (χ1n) is 8.99. The van der Waals surface area contributed by atoms with Crippen molar-refractivity contribution in [3.05, 3.63) is 35.7 Å². The second kappa shape index (κ2) is 5.58. The van der Waals surface area contributed by atoms with E-state index < -0.39 is 0 Å². The van der Waals surface area contributed by atoms with E-state index in [1.807, 2.05) is 24.8 Å². The van der Waals surface area contributed by atoms with Crippen molar-refractivity contribution in [2.24, 2.45) is 0 Å². The summed E-state index contributed by atoms with van der Waals surface area (Å²) in [6.07, 6.45) is 7.19. The highest BCUT2D eigenvalue weighted by Crippen LogP contribution is 2.40. The number of hydrogen-bond donors (Lipinski definition) is 0. The number of hydrogen-bond acceptors (Lipinski definition) is 6. The molecule has 26 heavy (non-hydrogen) atoms. The summed E-state index contributed by atoms with van der Waals surface area (Å²) in [6, 6.07) is 2.58. The van der Waals surface area contributed by atoms with Crippen molar-refractivity contribution in [1.29, 1.82) is 0 Å². The van der Waals surface area contributed by atoms with Gasteiger partial charge in [0, 0.05) is 23.5 Å². The molecule has 134 valence electrons.